The van der Waals surface area contributed by atoms with Crippen molar-refractivity contribution >= 4 is 38.6 Å². The van der Waals surface area contributed by atoms with Crippen molar-refractivity contribution in [2.45, 2.75) is 26.2 Å². The summed E-state index contributed by atoms with van der Waals surface area (Å²) >= 11 is 3.19. The smallest absolute Gasteiger partial charge is 0.291 e. The first-order valence-electron chi connectivity index (χ1n) is 9.11. The second kappa shape index (κ2) is 7.64. The third-order valence-corrected chi connectivity index (χ3v) is 5.21. The van der Waals surface area contributed by atoms with Gasteiger partial charge in [-0.05, 0) is 82.4 Å². The van der Waals surface area contributed by atoms with Gasteiger partial charge >= 0.3 is 0 Å². The number of benzene rings is 2. The maximum Gasteiger partial charge on any atom is 0.291 e. The number of amides is 1. The second-order valence-corrected chi connectivity index (χ2v) is 7.47. The van der Waals surface area contributed by atoms with E-state index in [4.69, 9.17) is 8.83 Å². The number of nitrogens with one attached hydrogen (secondary N) is 1. The fourth-order valence-corrected chi connectivity index (χ4v) is 3.24. The molecular weight excluding hydrogens is 420 g/mol. The monoisotopic (exact) mass is 438 g/mol. The zero-order chi connectivity index (χ0) is 19.7. The zero-order valence-corrected chi connectivity index (χ0v) is 17.1. The Balaban J connectivity index is 1.54. The van der Waals surface area contributed by atoms with Crippen LogP contribution in [0.1, 0.15) is 42.3 Å². The molecule has 0 bridgehead atoms. The summed E-state index contributed by atoms with van der Waals surface area (Å²) in [6.07, 6.45) is 1.08. The fraction of sp³-hybridized carbons (Fsp3) is 0.182. The lowest BCUT2D eigenvalue weighted by Gasteiger charge is -2.07. The number of aromatic nitrogens is 1. The van der Waals surface area contributed by atoms with Gasteiger partial charge in [0, 0.05) is 11.3 Å². The van der Waals surface area contributed by atoms with Crippen molar-refractivity contribution in [3.8, 4) is 11.5 Å². The molecule has 2 aromatic carbocycles. The minimum absolute atomic E-state index is 0.243. The second-order valence-electron chi connectivity index (χ2n) is 6.69. The minimum Gasteiger partial charge on any atom is -0.444 e. The van der Waals surface area contributed by atoms with Crippen LogP contribution in [-0.4, -0.2) is 10.9 Å². The zero-order valence-electron chi connectivity index (χ0n) is 15.5. The summed E-state index contributed by atoms with van der Waals surface area (Å²) in [5, 5.41) is 2.80. The Morgan fingerprint density at radius 2 is 1.89 bits per heavy atom. The first-order chi connectivity index (χ1) is 13.5. The fourth-order valence-electron chi connectivity index (χ4n) is 2.94. The van der Waals surface area contributed by atoms with E-state index in [-0.39, 0.29) is 11.7 Å². The molecule has 0 saturated carbocycles. The maximum atomic E-state index is 12.2. The van der Waals surface area contributed by atoms with E-state index in [1.165, 1.54) is 5.56 Å². The summed E-state index contributed by atoms with van der Waals surface area (Å²) in [6, 6.07) is 16.8. The number of rotatable bonds is 5. The summed E-state index contributed by atoms with van der Waals surface area (Å²) in [4.78, 5) is 16.8. The molecule has 4 rings (SSSR count). The van der Waals surface area contributed by atoms with E-state index in [1.807, 2.05) is 30.3 Å². The molecule has 0 unspecified atom stereocenters. The number of hydrogen-bond donors (Lipinski definition) is 1. The average Bonchev–Trinajstić information content (AvgIpc) is 3.33. The number of halogens is 1. The number of carbonyl (C=O) groups is 1. The number of fused-ring (bicyclic) bond motifs is 1. The summed E-state index contributed by atoms with van der Waals surface area (Å²) in [5.41, 5.74) is 4.39. The minimum atomic E-state index is -0.308. The van der Waals surface area contributed by atoms with Crippen LogP contribution in [0.3, 0.4) is 0 Å². The van der Waals surface area contributed by atoms with Gasteiger partial charge in [0.25, 0.3) is 5.91 Å². The van der Waals surface area contributed by atoms with Crippen molar-refractivity contribution < 1.29 is 13.6 Å². The van der Waals surface area contributed by atoms with Crippen LogP contribution in [-0.2, 0) is 0 Å². The topological polar surface area (TPSA) is 68.3 Å². The molecule has 4 aromatic rings. The van der Waals surface area contributed by atoms with Crippen LogP contribution in [0.2, 0.25) is 0 Å². The van der Waals surface area contributed by atoms with Crippen LogP contribution in [0.15, 0.2) is 68.1 Å². The van der Waals surface area contributed by atoms with Crippen LogP contribution in [0.25, 0.3) is 22.6 Å². The van der Waals surface area contributed by atoms with Crippen molar-refractivity contribution in [2.75, 3.05) is 5.32 Å². The maximum absolute atomic E-state index is 12.2. The van der Waals surface area contributed by atoms with Gasteiger partial charge in [-0.25, -0.2) is 4.98 Å². The molecule has 0 fully saturated rings. The lowest BCUT2D eigenvalue weighted by atomic mass is 9.98. The molecule has 0 aliphatic heterocycles. The van der Waals surface area contributed by atoms with Crippen molar-refractivity contribution in [3.63, 3.8) is 0 Å². The van der Waals surface area contributed by atoms with Crippen molar-refractivity contribution in [2.24, 2.45) is 0 Å². The van der Waals surface area contributed by atoms with Gasteiger partial charge in [0.05, 0.1) is 0 Å². The van der Waals surface area contributed by atoms with Crippen LogP contribution in [0.4, 0.5) is 5.69 Å². The van der Waals surface area contributed by atoms with Gasteiger partial charge in [-0.2, -0.15) is 0 Å². The molecule has 5 nitrogen and oxygen atoms in total. The highest BCUT2D eigenvalue weighted by Crippen LogP contribution is 2.28. The molecule has 0 spiro atoms. The van der Waals surface area contributed by atoms with E-state index < -0.39 is 0 Å². The van der Waals surface area contributed by atoms with E-state index in [0.717, 1.165) is 23.1 Å². The van der Waals surface area contributed by atoms with Gasteiger partial charge in [0.1, 0.15) is 5.52 Å². The highest BCUT2D eigenvalue weighted by Gasteiger charge is 2.13. The van der Waals surface area contributed by atoms with Crippen molar-refractivity contribution in [3.05, 3.63) is 70.6 Å². The predicted octanol–water partition coefficient (Wildman–Crippen LogP) is 6.62. The molecule has 28 heavy (non-hydrogen) atoms. The number of oxazole rings is 1. The van der Waals surface area contributed by atoms with E-state index in [1.54, 1.807) is 12.1 Å². The molecule has 2 aromatic heterocycles. The Morgan fingerprint density at radius 1 is 1.11 bits per heavy atom. The molecular formula is C22H19BrN2O3. The van der Waals surface area contributed by atoms with E-state index in [9.17, 15) is 4.79 Å². The van der Waals surface area contributed by atoms with E-state index in [2.05, 4.69) is 52.2 Å². The third kappa shape index (κ3) is 3.73. The summed E-state index contributed by atoms with van der Waals surface area (Å²) in [5.74, 6) is 0.983. The van der Waals surface area contributed by atoms with Gasteiger partial charge < -0.3 is 14.2 Å². The molecule has 0 aliphatic carbocycles. The van der Waals surface area contributed by atoms with Crippen molar-refractivity contribution in [1.82, 2.24) is 4.98 Å². The molecule has 0 aliphatic rings. The lowest BCUT2D eigenvalue weighted by molar-refractivity contribution is 0.0995. The molecule has 6 heteroatoms. The predicted molar refractivity (Wildman–Crippen MR) is 113 cm³/mol. The lowest BCUT2D eigenvalue weighted by Crippen LogP contribution is -2.10. The Hall–Kier alpha value is -2.86. The Kier molecular flexibility index (Phi) is 5.05. The first-order valence-corrected chi connectivity index (χ1v) is 9.90. The van der Waals surface area contributed by atoms with Crippen LogP contribution in [0.5, 0.6) is 0 Å². The normalized spacial score (nSPS) is 12.2. The molecule has 1 atom stereocenters. The van der Waals surface area contributed by atoms with Gasteiger partial charge in [0.2, 0.25) is 5.89 Å². The van der Waals surface area contributed by atoms with Crippen molar-refractivity contribution in [1.29, 1.82) is 0 Å². The number of hydrogen-bond acceptors (Lipinski definition) is 4. The van der Waals surface area contributed by atoms with Gasteiger partial charge in [-0.3, -0.25) is 4.79 Å². The quantitative estimate of drug-likeness (QED) is 0.380. The van der Waals surface area contributed by atoms with E-state index in [0.29, 0.717) is 22.2 Å². The Morgan fingerprint density at radius 3 is 2.57 bits per heavy atom. The average molecular weight is 439 g/mol. The van der Waals surface area contributed by atoms with Crippen LogP contribution < -0.4 is 5.32 Å². The molecule has 1 N–H and O–H groups in total. The number of furan rings is 1. The van der Waals surface area contributed by atoms with Gasteiger partial charge in [0.15, 0.2) is 16.0 Å². The molecule has 142 valence electrons. The van der Waals surface area contributed by atoms with Gasteiger partial charge in [-0.1, -0.05) is 19.9 Å². The standard InChI is InChI=1S/C22H19BrN2O3/c1-3-13(2)15-6-9-18-17(12-15)25-22(28-18)14-4-7-16(8-5-14)24-21(26)19-10-11-20(23)27-19/h4-13H,3H2,1-2H3,(H,24,26)/t13-/m0/s1. The summed E-state index contributed by atoms with van der Waals surface area (Å²) < 4.78 is 11.7. The highest BCUT2D eigenvalue weighted by atomic mass is 79.9. The van der Waals surface area contributed by atoms with Crippen LogP contribution >= 0.6 is 15.9 Å². The molecule has 0 saturated heterocycles. The highest BCUT2D eigenvalue weighted by molar-refractivity contribution is 9.10. The number of anilines is 1. The first kappa shape index (κ1) is 18.5. The molecule has 1 amide bonds. The number of nitrogens with zero attached hydrogens (tertiary/aromatic N) is 1. The molecule has 2 heterocycles. The van der Waals surface area contributed by atoms with Gasteiger partial charge in [-0.15, -0.1) is 0 Å². The third-order valence-electron chi connectivity index (χ3n) is 4.78. The van der Waals surface area contributed by atoms with E-state index >= 15 is 0 Å². The summed E-state index contributed by atoms with van der Waals surface area (Å²) in [7, 11) is 0. The molecule has 0 radical (unpaired) electrons. The van der Waals surface area contributed by atoms with Crippen LogP contribution in [0, 0.1) is 0 Å². The summed E-state index contributed by atoms with van der Waals surface area (Å²) in [6.45, 7) is 4.38. The SMILES string of the molecule is CC[C@H](C)c1ccc2oc(-c3ccc(NC(=O)c4ccc(Br)o4)cc3)nc2c1. The number of carbonyl (C=O) groups excluding carboxylic acids is 1. The Bertz CT molecular complexity index is 1130. The Labute approximate surface area is 170 Å². The largest absolute Gasteiger partial charge is 0.444 e.